The summed E-state index contributed by atoms with van der Waals surface area (Å²) in [7, 11) is 0. The lowest BCUT2D eigenvalue weighted by molar-refractivity contribution is -0.123. The van der Waals surface area contributed by atoms with Crippen LogP contribution in [0.2, 0.25) is 0 Å². The van der Waals surface area contributed by atoms with Gasteiger partial charge in [0, 0.05) is 0 Å². The molecule has 0 bridgehead atoms. The SMILES string of the molecule is Cc1ccc(N2C(=O)[C@H]3N=NN(Cc4cccc(F)c4)[C@@H]3C2=O)cc1C. The van der Waals surface area contributed by atoms with Crippen molar-refractivity contribution in [2.75, 3.05) is 4.90 Å². The number of carbonyl (C=O) groups is 2. The fraction of sp³-hybridized carbons (Fsp3) is 0.263. The fourth-order valence-corrected chi connectivity index (χ4v) is 3.30. The largest absolute Gasteiger partial charge is 0.271 e. The number of imide groups is 1. The second-order valence-electron chi connectivity index (χ2n) is 6.60. The van der Waals surface area contributed by atoms with E-state index in [9.17, 15) is 14.0 Å². The van der Waals surface area contributed by atoms with Crippen molar-refractivity contribution in [1.82, 2.24) is 5.01 Å². The maximum atomic E-state index is 13.4. The van der Waals surface area contributed by atoms with Gasteiger partial charge in [-0.3, -0.25) is 14.6 Å². The molecule has 2 amide bonds. The topological polar surface area (TPSA) is 65.3 Å². The van der Waals surface area contributed by atoms with Crippen LogP contribution in [0.1, 0.15) is 16.7 Å². The van der Waals surface area contributed by atoms with Gasteiger partial charge in [0.05, 0.1) is 12.2 Å². The zero-order valence-corrected chi connectivity index (χ0v) is 14.4. The first-order chi connectivity index (χ1) is 12.5. The van der Waals surface area contributed by atoms with Gasteiger partial charge in [-0.15, -0.1) is 0 Å². The van der Waals surface area contributed by atoms with Gasteiger partial charge in [-0.1, -0.05) is 23.4 Å². The highest BCUT2D eigenvalue weighted by Gasteiger charge is 2.54. The van der Waals surface area contributed by atoms with E-state index in [0.717, 1.165) is 11.1 Å². The maximum absolute atomic E-state index is 13.4. The van der Waals surface area contributed by atoms with Crippen LogP contribution in [0.25, 0.3) is 0 Å². The van der Waals surface area contributed by atoms with E-state index < -0.39 is 12.1 Å². The van der Waals surface area contributed by atoms with Crippen molar-refractivity contribution in [2.24, 2.45) is 10.3 Å². The molecule has 6 nitrogen and oxygen atoms in total. The highest BCUT2D eigenvalue weighted by Crippen LogP contribution is 2.33. The molecule has 1 saturated heterocycles. The molecule has 1 fully saturated rings. The van der Waals surface area contributed by atoms with Gasteiger partial charge in [0.15, 0.2) is 12.1 Å². The lowest BCUT2D eigenvalue weighted by Crippen LogP contribution is -2.39. The highest BCUT2D eigenvalue weighted by atomic mass is 19.1. The Morgan fingerprint density at radius 2 is 1.85 bits per heavy atom. The number of fused-ring (bicyclic) bond motifs is 1. The van der Waals surface area contributed by atoms with E-state index in [4.69, 9.17) is 0 Å². The Labute approximate surface area is 149 Å². The van der Waals surface area contributed by atoms with Crippen LogP contribution in [0, 0.1) is 19.7 Å². The summed E-state index contributed by atoms with van der Waals surface area (Å²) in [5.41, 5.74) is 3.28. The quantitative estimate of drug-likeness (QED) is 0.798. The number of amides is 2. The smallest absolute Gasteiger partial charge is 0.263 e. The molecule has 0 aliphatic carbocycles. The molecular weight excluding hydrogens is 335 g/mol. The summed E-state index contributed by atoms with van der Waals surface area (Å²) >= 11 is 0. The Hall–Kier alpha value is -3.09. The van der Waals surface area contributed by atoms with Gasteiger partial charge >= 0.3 is 0 Å². The van der Waals surface area contributed by atoms with Crippen molar-refractivity contribution < 1.29 is 14.0 Å². The van der Waals surface area contributed by atoms with E-state index in [2.05, 4.69) is 10.3 Å². The van der Waals surface area contributed by atoms with Crippen molar-refractivity contribution in [1.29, 1.82) is 0 Å². The van der Waals surface area contributed by atoms with Crippen LogP contribution in [0.5, 0.6) is 0 Å². The molecule has 2 heterocycles. The molecule has 0 unspecified atom stereocenters. The number of halogens is 1. The van der Waals surface area contributed by atoms with E-state index in [-0.39, 0.29) is 24.2 Å². The summed E-state index contributed by atoms with van der Waals surface area (Å²) in [5, 5.41) is 9.42. The lowest BCUT2D eigenvalue weighted by atomic mass is 10.1. The van der Waals surface area contributed by atoms with Crippen LogP contribution in [0.4, 0.5) is 10.1 Å². The summed E-state index contributed by atoms with van der Waals surface area (Å²) in [6.45, 7) is 4.11. The molecule has 2 aromatic carbocycles. The number of nitrogens with zero attached hydrogens (tertiary/aromatic N) is 4. The third kappa shape index (κ3) is 2.56. The van der Waals surface area contributed by atoms with Gasteiger partial charge in [0.2, 0.25) is 0 Å². The van der Waals surface area contributed by atoms with Gasteiger partial charge in [-0.25, -0.2) is 9.29 Å². The Balaban J connectivity index is 1.62. The van der Waals surface area contributed by atoms with Crippen molar-refractivity contribution >= 4 is 17.5 Å². The van der Waals surface area contributed by atoms with Crippen LogP contribution in [-0.2, 0) is 16.1 Å². The summed E-state index contributed by atoms with van der Waals surface area (Å²) in [6, 6.07) is 9.89. The van der Waals surface area contributed by atoms with Crippen LogP contribution in [0.15, 0.2) is 52.8 Å². The first kappa shape index (κ1) is 16.4. The summed E-state index contributed by atoms with van der Waals surface area (Å²) in [5.74, 6) is -1.10. The zero-order valence-electron chi connectivity index (χ0n) is 14.4. The third-order valence-electron chi connectivity index (χ3n) is 4.84. The molecule has 132 valence electrons. The average molecular weight is 352 g/mol. The molecule has 2 aliphatic heterocycles. The van der Waals surface area contributed by atoms with Crippen LogP contribution in [0.3, 0.4) is 0 Å². The van der Waals surface area contributed by atoms with Gasteiger partial charge in [0.25, 0.3) is 11.8 Å². The molecule has 0 radical (unpaired) electrons. The Kier molecular flexibility index (Phi) is 3.79. The van der Waals surface area contributed by atoms with Crippen molar-refractivity contribution in [3.63, 3.8) is 0 Å². The monoisotopic (exact) mass is 352 g/mol. The minimum atomic E-state index is -0.849. The molecule has 0 spiro atoms. The normalized spacial score (nSPS) is 21.7. The molecule has 26 heavy (non-hydrogen) atoms. The summed E-state index contributed by atoms with van der Waals surface area (Å²) in [6.07, 6.45) is 0. The number of hydrogen-bond donors (Lipinski definition) is 0. The average Bonchev–Trinajstić information content (AvgIpc) is 3.11. The molecule has 7 heteroatoms. The molecular formula is C19H17FN4O2. The van der Waals surface area contributed by atoms with Gasteiger partial charge in [0.1, 0.15) is 5.82 Å². The van der Waals surface area contributed by atoms with E-state index in [1.165, 1.54) is 22.0 Å². The fourth-order valence-electron chi connectivity index (χ4n) is 3.30. The Morgan fingerprint density at radius 3 is 2.58 bits per heavy atom. The van der Waals surface area contributed by atoms with Crippen molar-refractivity contribution in [3.8, 4) is 0 Å². The Morgan fingerprint density at radius 1 is 1.04 bits per heavy atom. The van der Waals surface area contributed by atoms with Crippen molar-refractivity contribution in [2.45, 2.75) is 32.5 Å². The van der Waals surface area contributed by atoms with E-state index >= 15 is 0 Å². The second kappa shape index (κ2) is 6.01. The summed E-state index contributed by atoms with van der Waals surface area (Å²) < 4.78 is 13.4. The van der Waals surface area contributed by atoms with Crippen LogP contribution < -0.4 is 4.90 Å². The van der Waals surface area contributed by atoms with E-state index in [0.29, 0.717) is 11.3 Å². The minimum absolute atomic E-state index is 0.211. The lowest BCUT2D eigenvalue weighted by Gasteiger charge is -2.21. The van der Waals surface area contributed by atoms with Gasteiger partial charge < -0.3 is 0 Å². The van der Waals surface area contributed by atoms with Gasteiger partial charge in [-0.05, 0) is 54.8 Å². The first-order valence-corrected chi connectivity index (χ1v) is 8.32. The number of aryl methyl sites for hydroxylation is 2. The molecule has 2 aromatic rings. The molecule has 0 saturated carbocycles. The van der Waals surface area contributed by atoms with Crippen molar-refractivity contribution in [3.05, 3.63) is 65.0 Å². The molecule has 0 aromatic heterocycles. The molecule has 2 atom stereocenters. The number of rotatable bonds is 3. The minimum Gasteiger partial charge on any atom is -0.271 e. The van der Waals surface area contributed by atoms with E-state index in [1.807, 2.05) is 26.0 Å². The van der Waals surface area contributed by atoms with E-state index in [1.54, 1.807) is 18.2 Å². The predicted molar refractivity (Wildman–Crippen MR) is 92.8 cm³/mol. The second-order valence-corrected chi connectivity index (χ2v) is 6.60. The standard InChI is InChI=1S/C19H17FN4O2/c1-11-6-7-15(8-12(11)2)24-18(25)16-17(19(24)26)23(22-21-16)10-13-4-3-5-14(20)9-13/h3-9,16-17H,10H2,1-2H3/t16-,17-/m0/s1. The predicted octanol–water partition coefficient (Wildman–Crippen LogP) is 2.94. The zero-order chi connectivity index (χ0) is 18.4. The van der Waals surface area contributed by atoms with Gasteiger partial charge in [-0.2, -0.15) is 5.11 Å². The highest BCUT2D eigenvalue weighted by molar-refractivity contribution is 6.25. The maximum Gasteiger partial charge on any atom is 0.263 e. The number of carbonyl (C=O) groups excluding carboxylic acids is 2. The number of benzene rings is 2. The number of anilines is 1. The van der Waals surface area contributed by atoms with Crippen LogP contribution >= 0.6 is 0 Å². The number of hydrogen-bond acceptors (Lipinski definition) is 5. The summed E-state index contributed by atoms with van der Waals surface area (Å²) in [4.78, 5) is 26.8. The molecule has 2 aliphatic rings. The Bertz CT molecular complexity index is 943. The molecule has 4 rings (SSSR count). The molecule has 0 N–H and O–H groups in total. The third-order valence-corrected chi connectivity index (χ3v) is 4.84. The van der Waals surface area contributed by atoms with Crippen LogP contribution in [-0.4, -0.2) is 28.9 Å². The first-order valence-electron chi connectivity index (χ1n) is 8.32.